The number of carbonyl (C=O) groups excluding carboxylic acids is 7. The molecule has 2 atom stereocenters. The van der Waals surface area contributed by atoms with E-state index in [-0.39, 0.29) is 46.0 Å². The van der Waals surface area contributed by atoms with Crippen molar-refractivity contribution >= 4 is 99.8 Å². The van der Waals surface area contributed by atoms with Crippen molar-refractivity contribution in [3.63, 3.8) is 0 Å². The van der Waals surface area contributed by atoms with Crippen molar-refractivity contribution in [3.05, 3.63) is 124 Å². The van der Waals surface area contributed by atoms with Gasteiger partial charge in [-0.05, 0) is 41.8 Å². The Hall–Kier alpha value is -6.88. The Kier molecular flexibility index (Phi) is 14.7. The van der Waals surface area contributed by atoms with Gasteiger partial charge < -0.3 is 28.8 Å². The number of rotatable bonds is 16. The second-order valence-electron chi connectivity index (χ2n) is 13.7. The molecule has 5 aromatic rings. The van der Waals surface area contributed by atoms with Gasteiger partial charge in [0.25, 0.3) is 11.8 Å². The number of thioether (sulfide) groups is 2. The van der Waals surface area contributed by atoms with E-state index in [0.29, 0.717) is 21.0 Å². The maximum Gasteiger partial charge on any atom is 0.365 e. The lowest BCUT2D eigenvalue weighted by atomic mass is 10.0. The molecule has 2 aliphatic rings. The van der Waals surface area contributed by atoms with Crippen LogP contribution in [0.25, 0.3) is 0 Å². The molecule has 1 fully saturated rings. The fraction of sp³-hybridized carbons (Fsp3) is 0.214. The summed E-state index contributed by atoms with van der Waals surface area (Å²) in [6.07, 6.45) is 0.101. The van der Waals surface area contributed by atoms with Gasteiger partial charge in [0.1, 0.15) is 40.0 Å². The highest BCUT2D eigenvalue weighted by molar-refractivity contribution is 8.01. The minimum absolute atomic E-state index is 0.0155. The molecule has 1 saturated heterocycles. The second kappa shape index (κ2) is 20.7. The SMILES string of the molecule is CC(=O)Oc1ccc(C(=O)O/N=C(\C(=O)N[C@@H]2C(=O)N3C(C(=O)OC(c4ccccc4)c4ccccc4)=C(CSc4nnc(C)s4)CS[C@H]23)c2coc(NC(=O)CCl)n2)cc1OC(C)=O. The molecule has 0 unspecified atom stereocenters. The van der Waals surface area contributed by atoms with Crippen molar-refractivity contribution < 1.29 is 57.0 Å². The number of amides is 3. The molecule has 4 heterocycles. The van der Waals surface area contributed by atoms with Crippen LogP contribution in [-0.2, 0) is 38.3 Å². The highest BCUT2D eigenvalue weighted by Crippen LogP contribution is 2.43. The summed E-state index contributed by atoms with van der Waals surface area (Å²) in [7, 11) is 0. The highest BCUT2D eigenvalue weighted by Gasteiger charge is 2.55. The van der Waals surface area contributed by atoms with Crippen molar-refractivity contribution in [1.82, 2.24) is 25.4 Å². The van der Waals surface area contributed by atoms with Crippen molar-refractivity contribution in [2.24, 2.45) is 5.16 Å². The number of benzene rings is 3. The Morgan fingerprint density at radius 3 is 2.25 bits per heavy atom. The number of aryl methyl sites for hydroxylation is 1. The van der Waals surface area contributed by atoms with Gasteiger partial charge in [0, 0.05) is 25.4 Å². The van der Waals surface area contributed by atoms with Crippen molar-refractivity contribution in [3.8, 4) is 11.5 Å². The van der Waals surface area contributed by atoms with Crippen LogP contribution < -0.4 is 20.1 Å². The molecule has 2 aliphatic heterocycles. The third-order valence-corrected chi connectivity index (χ3v) is 12.7. The van der Waals surface area contributed by atoms with Crippen molar-refractivity contribution in [2.45, 2.75) is 42.6 Å². The number of β-lactam (4-membered cyclic amide) rings is 1. The van der Waals surface area contributed by atoms with E-state index in [0.717, 1.165) is 31.2 Å². The first-order chi connectivity index (χ1) is 31.3. The maximum absolute atomic E-state index is 14.5. The Balaban J connectivity index is 1.16. The van der Waals surface area contributed by atoms with Gasteiger partial charge in [0.05, 0.1) is 5.56 Å². The lowest BCUT2D eigenvalue weighted by molar-refractivity contribution is -0.154. The molecule has 334 valence electrons. The summed E-state index contributed by atoms with van der Waals surface area (Å²) < 4.78 is 22.3. The molecule has 65 heavy (non-hydrogen) atoms. The summed E-state index contributed by atoms with van der Waals surface area (Å²) in [6.45, 7) is 4.04. The summed E-state index contributed by atoms with van der Waals surface area (Å²) in [6, 6.07) is 20.1. The molecular formula is C42H34ClN7O12S3. The van der Waals surface area contributed by atoms with Crippen LogP contribution in [0.2, 0.25) is 0 Å². The summed E-state index contributed by atoms with van der Waals surface area (Å²) in [5.74, 6) is -6.25. The van der Waals surface area contributed by atoms with Crippen LogP contribution in [0.3, 0.4) is 0 Å². The highest BCUT2D eigenvalue weighted by atomic mass is 35.5. The van der Waals surface area contributed by atoms with Gasteiger partial charge in [0.15, 0.2) is 27.7 Å². The van der Waals surface area contributed by atoms with Crippen LogP contribution in [0.15, 0.2) is 110 Å². The van der Waals surface area contributed by atoms with E-state index < -0.39 is 70.7 Å². The van der Waals surface area contributed by atoms with Crippen LogP contribution in [0.1, 0.15) is 52.1 Å². The predicted octanol–water partition coefficient (Wildman–Crippen LogP) is 5.20. The number of esters is 3. The number of aromatic nitrogens is 3. The average Bonchev–Trinajstić information content (AvgIpc) is 3.94. The fourth-order valence-electron chi connectivity index (χ4n) is 6.27. The Labute approximate surface area is 386 Å². The smallest absolute Gasteiger partial charge is 0.365 e. The Morgan fingerprint density at radius 2 is 1.62 bits per heavy atom. The van der Waals surface area contributed by atoms with Crippen molar-refractivity contribution in [2.75, 3.05) is 22.7 Å². The molecule has 3 aromatic carbocycles. The predicted molar refractivity (Wildman–Crippen MR) is 235 cm³/mol. The molecule has 23 heteroatoms. The summed E-state index contributed by atoms with van der Waals surface area (Å²) in [4.78, 5) is 102. The van der Waals surface area contributed by atoms with Gasteiger partial charge in [0.2, 0.25) is 5.91 Å². The maximum atomic E-state index is 14.5. The third-order valence-electron chi connectivity index (χ3n) is 9.07. The molecule has 7 rings (SSSR count). The summed E-state index contributed by atoms with van der Waals surface area (Å²) in [5, 5.41) is 16.8. The van der Waals surface area contributed by atoms with Crippen LogP contribution in [0.5, 0.6) is 11.5 Å². The molecule has 2 aromatic heterocycles. The number of oxazole rings is 1. The van der Waals surface area contributed by atoms with Crippen LogP contribution in [-0.4, -0.2) is 96.2 Å². The van der Waals surface area contributed by atoms with Gasteiger partial charge in [-0.15, -0.1) is 33.6 Å². The number of fused-ring (bicyclic) bond motifs is 1. The van der Waals surface area contributed by atoms with Crippen LogP contribution >= 0.6 is 46.5 Å². The molecule has 0 bridgehead atoms. The molecule has 0 saturated carbocycles. The summed E-state index contributed by atoms with van der Waals surface area (Å²) >= 11 is 9.62. The number of hydrogen-bond acceptors (Lipinski definition) is 19. The Morgan fingerprint density at radius 1 is 0.938 bits per heavy atom. The minimum atomic E-state index is -1.24. The number of nitrogens with one attached hydrogen (secondary N) is 2. The van der Waals surface area contributed by atoms with Crippen LogP contribution in [0, 0.1) is 6.92 Å². The topological polar surface area (TPSA) is 248 Å². The van der Waals surface area contributed by atoms with Gasteiger partial charge in [-0.1, -0.05) is 88.9 Å². The van der Waals surface area contributed by atoms with Crippen LogP contribution in [0.4, 0.5) is 6.01 Å². The van der Waals surface area contributed by atoms with Gasteiger partial charge in [-0.2, -0.15) is 4.98 Å². The normalized spacial score (nSPS) is 15.7. The zero-order valence-electron chi connectivity index (χ0n) is 34.2. The number of anilines is 1. The number of carbonyl (C=O) groups is 7. The minimum Gasteiger partial charge on any atom is -0.448 e. The lowest BCUT2D eigenvalue weighted by Gasteiger charge is -2.49. The zero-order valence-corrected chi connectivity index (χ0v) is 37.4. The number of halogens is 1. The number of nitrogens with zero attached hydrogens (tertiary/aromatic N) is 5. The van der Waals surface area contributed by atoms with E-state index in [2.05, 4.69) is 31.0 Å². The fourth-order valence-corrected chi connectivity index (χ4v) is 9.64. The number of oxime groups is 1. The molecule has 3 amide bonds. The molecule has 0 spiro atoms. The van der Waals surface area contributed by atoms with Gasteiger partial charge >= 0.3 is 29.9 Å². The van der Waals surface area contributed by atoms with E-state index in [9.17, 15) is 33.6 Å². The first-order valence-corrected chi connectivity index (χ1v) is 22.5. The zero-order chi connectivity index (χ0) is 46.2. The Bertz CT molecular complexity index is 2690. The van der Waals surface area contributed by atoms with E-state index in [1.165, 1.54) is 51.9 Å². The number of hydrogen-bond donors (Lipinski definition) is 2. The molecule has 0 radical (unpaired) electrons. The number of alkyl halides is 1. The third kappa shape index (κ3) is 11.1. The lowest BCUT2D eigenvalue weighted by Crippen LogP contribution is -2.71. The quantitative estimate of drug-likeness (QED) is 0.0188. The van der Waals surface area contributed by atoms with E-state index in [4.69, 9.17) is 35.1 Å². The van der Waals surface area contributed by atoms with E-state index in [1.54, 1.807) is 0 Å². The molecule has 2 N–H and O–H groups in total. The average molecular weight is 960 g/mol. The largest absolute Gasteiger partial charge is 0.448 e. The first kappa shape index (κ1) is 46.1. The molecule has 0 aliphatic carbocycles. The summed E-state index contributed by atoms with van der Waals surface area (Å²) in [5.41, 5.74) is 0.741. The monoisotopic (exact) mass is 959 g/mol. The van der Waals surface area contributed by atoms with Gasteiger partial charge in [-0.25, -0.2) is 9.59 Å². The second-order valence-corrected chi connectivity index (χ2v) is 17.5. The first-order valence-electron chi connectivity index (χ1n) is 19.1. The molecular weight excluding hydrogens is 926 g/mol. The molecule has 19 nitrogen and oxygen atoms in total. The van der Waals surface area contributed by atoms with E-state index >= 15 is 0 Å². The standard InChI is InChI=1S/C42H34ClN7O12S3/c1-21-47-48-42(65-21)64-20-27-19-63-38-33(37(55)50(38)34(27)40(57)61-35(24-10-6-4-7-11-24)25-12-8-5-9-13-25)46-36(54)32(28-18-58-41(44-28)45-31(53)17-43)49-62-39(56)26-14-15-29(59-22(2)51)30(16-26)60-23(3)52/h4-16,18,33,35,38H,17,19-20H2,1-3H3,(H,46,54)(H,44,45,53)/b49-32-/t33-,38-/m1/s1. The number of ether oxygens (including phenoxy) is 3. The van der Waals surface area contributed by atoms with E-state index in [1.807, 2.05) is 67.6 Å². The van der Waals surface area contributed by atoms with Gasteiger partial charge in [-0.3, -0.25) is 34.2 Å². The van der Waals surface area contributed by atoms with Crippen molar-refractivity contribution in [1.29, 1.82) is 0 Å².